The molecule has 0 fully saturated rings. The Balaban J connectivity index is 2.12. The van der Waals surface area contributed by atoms with Gasteiger partial charge in [-0.05, 0) is 47.9 Å². The van der Waals surface area contributed by atoms with Crippen LogP contribution in [0.1, 0.15) is 36.3 Å². The van der Waals surface area contributed by atoms with Crippen LogP contribution in [-0.4, -0.2) is 6.54 Å². The lowest BCUT2D eigenvalue weighted by molar-refractivity contribution is 0.445. The van der Waals surface area contributed by atoms with E-state index in [1.165, 1.54) is 21.9 Å². The van der Waals surface area contributed by atoms with Crippen molar-refractivity contribution in [2.24, 2.45) is 0 Å². The van der Waals surface area contributed by atoms with Crippen LogP contribution in [0.15, 0.2) is 59.2 Å². The summed E-state index contributed by atoms with van der Waals surface area (Å²) < 4.78 is 5.76. The van der Waals surface area contributed by atoms with Gasteiger partial charge >= 0.3 is 0 Å². The normalized spacial score (nSPS) is 12.7. The molecule has 0 aliphatic carbocycles. The number of benzene rings is 2. The molecule has 2 heteroatoms. The van der Waals surface area contributed by atoms with Gasteiger partial charge in [0.1, 0.15) is 5.76 Å². The molecule has 0 aliphatic heterocycles. The zero-order chi connectivity index (χ0) is 14.7. The van der Waals surface area contributed by atoms with Gasteiger partial charge in [0, 0.05) is 0 Å². The van der Waals surface area contributed by atoms with Crippen molar-refractivity contribution in [3.8, 4) is 0 Å². The maximum Gasteiger partial charge on any atom is 0.128 e. The summed E-state index contributed by atoms with van der Waals surface area (Å²) in [6, 6.07) is 17.1. The molecule has 0 saturated heterocycles. The van der Waals surface area contributed by atoms with Crippen LogP contribution in [0, 0.1) is 6.92 Å². The molecule has 1 unspecified atom stereocenters. The first-order valence-corrected chi connectivity index (χ1v) is 7.56. The molecule has 2 nitrogen and oxygen atoms in total. The number of hydrogen-bond donors (Lipinski definition) is 1. The monoisotopic (exact) mass is 279 g/mol. The molecule has 1 heterocycles. The molecule has 21 heavy (non-hydrogen) atoms. The van der Waals surface area contributed by atoms with Gasteiger partial charge in [-0.3, -0.25) is 0 Å². The van der Waals surface area contributed by atoms with Gasteiger partial charge in [0.25, 0.3) is 0 Å². The highest BCUT2D eigenvalue weighted by Crippen LogP contribution is 2.31. The average molecular weight is 279 g/mol. The molecule has 1 N–H and O–H groups in total. The largest absolute Gasteiger partial charge is 0.467 e. The highest BCUT2D eigenvalue weighted by atomic mass is 16.3. The zero-order valence-electron chi connectivity index (χ0n) is 12.6. The third kappa shape index (κ3) is 2.72. The van der Waals surface area contributed by atoms with Crippen LogP contribution in [-0.2, 0) is 0 Å². The highest BCUT2D eigenvalue weighted by molar-refractivity contribution is 5.86. The van der Waals surface area contributed by atoms with Crippen LogP contribution < -0.4 is 5.32 Å². The summed E-state index contributed by atoms with van der Waals surface area (Å²) in [6.45, 7) is 5.25. The van der Waals surface area contributed by atoms with E-state index in [9.17, 15) is 0 Å². The van der Waals surface area contributed by atoms with Crippen molar-refractivity contribution >= 4 is 10.8 Å². The van der Waals surface area contributed by atoms with Crippen LogP contribution in [0.4, 0.5) is 0 Å². The predicted octanol–water partition coefficient (Wildman–Crippen LogP) is 4.83. The molecule has 0 saturated carbocycles. The topological polar surface area (TPSA) is 25.2 Å². The lowest BCUT2D eigenvalue weighted by Gasteiger charge is -2.20. The molecule has 0 amide bonds. The Morgan fingerprint density at radius 2 is 1.86 bits per heavy atom. The van der Waals surface area contributed by atoms with Gasteiger partial charge in [-0.15, -0.1) is 0 Å². The maximum atomic E-state index is 5.76. The first-order chi connectivity index (χ1) is 10.3. The Labute approximate surface area is 125 Å². The Kier molecular flexibility index (Phi) is 4.07. The van der Waals surface area contributed by atoms with Crippen molar-refractivity contribution in [1.29, 1.82) is 0 Å². The molecule has 108 valence electrons. The van der Waals surface area contributed by atoms with Crippen molar-refractivity contribution in [1.82, 2.24) is 5.32 Å². The van der Waals surface area contributed by atoms with Crippen LogP contribution in [0.25, 0.3) is 10.8 Å². The summed E-state index contributed by atoms with van der Waals surface area (Å²) in [5.41, 5.74) is 2.47. The summed E-state index contributed by atoms with van der Waals surface area (Å²) in [5, 5.41) is 6.18. The average Bonchev–Trinajstić information content (AvgIpc) is 2.94. The lowest BCUT2D eigenvalue weighted by Crippen LogP contribution is -2.23. The third-order valence-corrected chi connectivity index (χ3v) is 3.90. The number of aryl methyl sites for hydroxylation is 1. The number of rotatable bonds is 5. The van der Waals surface area contributed by atoms with Gasteiger partial charge in [0.05, 0.1) is 12.3 Å². The fourth-order valence-electron chi connectivity index (χ4n) is 2.81. The molecule has 2 aromatic carbocycles. The smallest absolute Gasteiger partial charge is 0.128 e. The standard InChI is InChI=1S/C19H21NO/c1-3-12-20-18(19-14(2)11-13-21-19)17-10-6-8-15-7-4-5-9-16(15)17/h4-11,13,18,20H,3,12H2,1-2H3. The molecule has 3 rings (SSSR count). The fraction of sp³-hybridized carbons (Fsp3) is 0.263. The third-order valence-electron chi connectivity index (χ3n) is 3.90. The molecule has 1 atom stereocenters. The molecule has 3 aromatic rings. The van der Waals surface area contributed by atoms with E-state index in [4.69, 9.17) is 4.42 Å². The Hall–Kier alpha value is -2.06. The van der Waals surface area contributed by atoms with E-state index in [1.807, 2.05) is 6.07 Å². The maximum absolute atomic E-state index is 5.76. The quantitative estimate of drug-likeness (QED) is 0.723. The lowest BCUT2D eigenvalue weighted by atomic mass is 9.96. The number of fused-ring (bicyclic) bond motifs is 1. The van der Waals surface area contributed by atoms with Crippen molar-refractivity contribution in [2.75, 3.05) is 6.54 Å². The highest BCUT2D eigenvalue weighted by Gasteiger charge is 2.20. The first-order valence-electron chi connectivity index (χ1n) is 7.56. The Morgan fingerprint density at radius 1 is 1.05 bits per heavy atom. The van der Waals surface area contributed by atoms with E-state index >= 15 is 0 Å². The first kappa shape index (κ1) is 13.9. The summed E-state index contributed by atoms with van der Waals surface area (Å²) in [5.74, 6) is 1.01. The van der Waals surface area contributed by atoms with Crippen molar-refractivity contribution in [2.45, 2.75) is 26.3 Å². The molecule has 0 bridgehead atoms. The molecule has 0 spiro atoms. The van der Waals surface area contributed by atoms with E-state index < -0.39 is 0 Å². The number of nitrogens with one attached hydrogen (secondary N) is 1. The van der Waals surface area contributed by atoms with E-state index in [0.29, 0.717) is 0 Å². The van der Waals surface area contributed by atoms with Gasteiger partial charge < -0.3 is 9.73 Å². The minimum Gasteiger partial charge on any atom is -0.467 e. The number of furan rings is 1. The van der Waals surface area contributed by atoms with Crippen LogP contribution in [0.2, 0.25) is 0 Å². The summed E-state index contributed by atoms with van der Waals surface area (Å²) in [4.78, 5) is 0. The molecule has 0 radical (unpaired) electrons. The second-order valence-corrected chi connectivity index (χ2v) is 5.42. The predicted molar refractivity (Wildman–Crippen MR) is 87.5 cm³/mol. The Bertz CT molecular complexity index is 724. The van der Waals surface area contributed by atoms with Crippen LogP contribution in [0.5, 0.6) is 0 Å². The van der Waals surface area contributed by atoms with Crippen molar-refractivity contribution in [3.63, 3.8) is 0 Å². The molecule has 1 aromatic heterocycles. The van der Waals surface area contributed by atoms with Gasteiger partial charge in [0.2, 0.25) is 0 Å². The summed E-state index contributed by atoms with van der Waals surface area (Å²) >= 11 is 0. The SMILES string of the molecule is CCCNC(c1occc1C)c1cccc2ccccc12. The number of hydrogen-bond acceptors (Lipinski definition) is 2. The summed E-state index contributed by atoms with van der Waals surface area (Å²) in [7, 11) is 0. The van der Waals surface area contributed by atoms with E-state index in [2.05, 4.69) is 61.6 Å². The second kappa shape index (κ2) is 6.15. The van der Waals surface area contributed by atoms with Crippen molar-refractivity contribution < 1.29 is 4.42 Å². The molecule has 0 aliphatic rings. The van der Waals surface area contributed by atoms with Gasteiger partial charge in [0.15, 0.2) is 0 Å². The van der Waals surface area contributed by atoms with E-state index in [-0.39, 0.29) is 6.04 Å². The fourth-order valence-corrected chi connectivity index (χ4v) is 2.81. The molecular weight excluding hydrogens is 258 g/mol. The van der Waals surface area contributed by atoms with Crippen molar-refractivity contribution in [3.05, 3.63) is 71.7 Å². The van der Waals surface area contributed by atoms with Crippen LogP contribution in [0.3, 0.4) is 0 Å². The van der Waals surface area contributed by atoms with Gasteiger partial charge in [-0.2, -0.15) is 0 Å². The Morgan fingerprint density at radius 3 is 2.62 bits per heavy atom. The zero-order valence-corrected chi connectivity index (χ0v) is 12.6. The minimum absolute atomic E-state index is 0.103. The summed E-state index contributed by atoms with van der Waals surface area (Å²) in [6.07, 6.45) is 2.87. The second-order valence-electron chi connectivity index (χ2n) is 5.42. The minimum atomic E-state index is 0.103. The van der Waals surface area contributed by atoms with Gasteiger partial charge in [-0.25, -0.2) is 0 Å². The van der Waals surface area contributed by atoms with Gasteiger partial charge in [-0.1, -0.05) is 49.4 Å². The van der Waals surface area contributed by atoms with E-state index in [0.717, 1.165) is 18.7 Å². The molecular formula is C19H21NO. The van der Waals surface area contributed by atoms with E-state index in [1.54, 1.807) is 6.26 Å². The van der Waals surface area contributed by atoms with Crippen LogP contribution >= 0.6 is 0 Å².